The van der Waals surface area contributed by atoms with Crippen molar-refractivity contribution >= 4 is 33.5 Å². The summed E-state index contributed by atoms with van der Waals surface area (Å²) >= 11 is 5.01. The Labute approximate surface area is 170 Å². The van der Waals surface area contributed by atoms with Crippen LogP contribution in [0.1, 0.15) is 11.1 Å². The van der Waals surface area contributed by atoms with Crippen molar-refractivity contribution in [3.8, 4) is 17.3 Å². The predicted octanol–water partition coefficient (Wildman–Crippen LogP) is 4.28. The number of hydrogen-bond donors (Lipinski definition) is 0. The third kappa shape index (κ3) is 5.01. The lowest BCUT2D eigenvalue weighted by atomic mass is 10.2. The Kier molecular flexibility index (Phi) is 6.71. The first-order valence-corrected chi connectivity index (χ1v) is 9.89. The van der Waals surface area contributed by atoms with E-state index in [4.69, 9.17) is 10.00 Å². The topological polar surface area (TPSA) is 62.7 Å². The number of ether oxygens (including phenoxy) is 1. The highest BCUT2D eigenvalue weighted by atomic mass is 79.9. The van der Waals surface area contributed by atoms with Gasteiger partial charge in [0.05, 0.1) is 36.7 Å². The quantitative estimate of drug-likeness (QED) is 0.424. The maximum absolute atomic E-state index is 8.92. The van der Waals surface area contributed by atoms with E-state index in [-0.39, 0.29) is 0 Å². The molecular formula is C20H17BrN4OS. The fourth-order valence-corrected chi connectivity index (χ4v) is 3.47. The van der Waals surface area contributed by atoms with E-state index in [1.165, 1.54) is 11.3 Å². The van der Waals surface area contributed by atoms with Crippen molar-refractivity contribution < 1.29 is 4.74 Å². The average molecular weight is 441 g/mol. The van der Waals surface area contributed by atoms with Crippen LogP contribution in [-0.4, -0.2) is 31.2 Å². The molecule has 3 aromatic rings. The summed E-state index contributed by atoms with van der Waals surface area (Å²) in [6, 6.07) is 17.5. The van der Waals surface area contributed by atoms with Crippen molar-refractivity contribution in [2.24, 2.45) is 10.1 Å². The van der Waals surface area contributed by atoms with Gasteiger partial charge in [-0.1, -0.05) is 40.2 Å². The Morgan fingerprint density at radius 1 is 1.19 bits per heavy atom. The van der Waals surface area contributed by atoms with Crippen molar-refractivity contribution in [3.63, 3.8) is 0 Å². The average Bonchev–Trinajstić information content (AvgIpc) is 3.10. The maximum Gasteiger partial charge on any atom is 0.206 e. The predicted molar refractivity (Wildman–Crippen MR) is 112 cm³/mol. The minimum Gasteiger partial charge on any atom is -0.383 e. The van der Waals surface area contributed by atoms with E-state index >= 15 is 0 Å². The zero-order valence-corrected chi connectivity index (χ0v) is 17.1. The van der Waals surface area contributed by atoms with Crippen LogP contribution in [0, 0.1) is 11.3 Å². The molecule has 27 heavy (non-hydrogen) atoms. The van der Waals surface area contributed by atoms with Crippen LogP contribution in [0.2, 0.25) is 0 Å². The molecule has 0 fully saturated rings. The molecule has 0 unspecified atom stereocenters. The highest BCUT2D eigenvalue weighted by molar-refractivity contribution is 9.10. The molecule has 0 saturated carbocycles. The number of aromatic nitrogens is 1. The number of nitriles is 1. The fourth-order valence-electron chi connectivity index (χ4n) is 2.34. The largest absolute Gasteiger partial charge is 0.383 e. The summed E-state index contributed by atoms with van der Waals surface area (Å²) in [6.45, 7) is 1.13. The normalized spacial score (nSPS) is 11.8. The van der Waals surface area contributed by atoms with Gasteiger partial charge in [0.15, 0.2) is 0 Å². The molecule has 5 nitrogen and oxygen atoms in total. The first-order chi connectivity index (χ1) is 13.2. The summed E-state index contributed by atoms with van der Waals surface area (Å²) in [7, 11) is 1.66. The number of thiazole rings is 1. The summed E-state index contributed by atoms with van der Waals surface area (Å²) in [5, 5.41) is 15.6. The van der Waals surface area contributed by atoms with E-state index < -0.39 is 0 Å². The van der Waals surface area contributed by atoms with Gasteiger partial charge in [-0.15, -0.1) is 11.3 Å². The van der Waals surface area contributed by atoms with Gasteiger partial charge in [-0.25, -0.2) is 4.68 Å². The van der Waals surface area contributed by atoms with Crippen LogP contribution in [0.3, 0.4) is 0 Å². The molecule has 0 aliphatic heterocycles. The van der Waals surface area contributed by atoms with Crippen molar-refractivity contribution in [1.29, 1.82) is 5.26 Å². The molecular weight excluding hydrogens is 424 g/mol. The molecule has 0 atom stereocenters. The molecule has 0 radical (unpaired) electrons. The number of hydrogen-bond acceptors (Lipinski definition) is 5. The van der Waals surface area contributed by atoms with Crippen LogP contribution >= 0.6 is 27.3 Å². The Morgan fingerprint density at radius 3 is 2.59 bits per heavy atom. The van der Waals surface area contributed by atoms with E-state index in [1.54, 1.807) is 25.5 Å². The minimum absolute atomic E-state index is 0.560. The standard InChI is InChI=1S/C20H17BrN4OS/c1-26-11-10-23-20-25(24-13-16-4-2-15(12-22)3-5-16)19(14-27-20)17-6-8-18(21)9-7-17/h2-9,13-14H,10-11H2,1H3/b23-20?,24-13-. The van der Waals surface area contributed by atoms with Crippen LogP contribution in [0.5, 0.6) is 0 Å². The second-order valence-corrected chi connectivity index (χ2v) is 7.33. The first-order valence-electron chi connectivity index (χ1n) is 8.21. The van der Waals surface area contributed by atoms with Crippen molar-refractivity contribution in [1.82, 2.24) is 4.68 Å². The number of rotatable bonds is 6. The third-order valence-electron chi connectivity index (χ3n) is 3.73. The van der Waals surface area contributed by atoms with Crippen LogP contribution in [0.4, 0.5) is 0 Å². The molecule has 0 aliphatic rings. The van der Waals surface area contributed by atoms with Crippen LogP contribution in [0.25, 0.3) is 11.3 Å². The Hall–Kier alpha value is -2.53. The van der Waals surface area contributed by atoms with Gasteiger partial charge in [0, 0.05) is 22.5 Å². The number of halogens is 1. The Bertz CT molecular complexity index is 1030. The highest BCUT2D eigenvalue weighted by Crippen LogP contribution is 2.22. The molecule has 0 spiro atoms. The lowest BCUT2D eigenvalue weighted by Crippen LogP contribution is -2.13. The van der Waals surface area contributed by atoms with Crippen molar-refractivity contribution in [2.75, 3.05) is 20.3 Å². The molecule has 136 valence electrons. The summed E-state index contributed by atoms with van der Waals surface area (Å²) in [4.78, 5) is 5.39. The van der Waals surface area contributed by atoms with Crippen molar-refractivity contribution in [3.05, 3.63) is 74.3 Å². The molecule has 0 amide bonds. The van der Waals surface area contributed by atoms with E-state index in [0.29, 0.717) is 18.7 Å². The van der Waals surface area contributed by atoms with Gasteiger partial charge in [-0.2, -0.15) is 10.4 Å². The highest BCUT2D eigenvalue weighted by Gasteiger charge is 2.07. The lowest BCUT2D eigenvalue weighted by molar-refractivity contribution is 0.207. The van der Waals surface area contributed by atoms with E-state index in [2.05, 4.69) is 32.1 Å². The van der Waals surface area contributed by atoms with Crippen LogP contribution in [0.15, 0.2) is 68.5 Å². The van der Waals surface area contributed by atoms with Gasteiger partial charge in [0.2, 0.25) is 4.80 Å². The fraction of sp³-hybridized carbons (Fsp3) is 0.150. The lowest BCUT2D eigenvalue weighted by Gasteiger charge is -2.04. The molecule has 0 N–H and O–H groups in total. The van der Waals surface area contributed by atoms with Gasteiger partial charge in [0.25, 0.3) is 0 Å². The smallest absolute Gasteiger partial charge is 0.206 e. The maximum atomic E-state index is 8.92. The van der Waals surface area contributed by atoms with E-state index in [1.807, 2.05) is 46.5 Å². The summed E-state index contributed by atoms with van der Waals surface area (Å²) < 4.78 is 7.95. The Balaban J connectivity index is 2.00. The third-order valence-corrected chi connectivity index (χ3v) is 5.11. The van der Waals surface area contributed by atoms with Crippen LogP contribution < -0.4 is 4.80 Å². The molecule has 3 rings (SSSR count). The van der Waals surface area contributed by atoms with Gasteiger partial charge in [-0.3, -0.25) is 4.99 Å². The summed E-state index contributed by atoms with van der Waals surface area (Å²) in [5.74, 6) is 0. The first kappa shape index (κ1) is 19.2. The van der Waals surface area contributed by atoms with E-state index in [9.17, 15) is 0 Å². The van der Waals surface area contributed by atoms with E-state index in [0.717, 1.165) is 26.1 Å². The second kappa shape index (κ2) is 9.42. The summed E-state index contributed by atoms with van der Waals surface area (Å²) in [6.07, 6.45) is 1.77. The SMILES string of the molecule is COCCN=c1scc(-c2ccc(Br)cc2)n1/N=C\c1ccc(C#N)cc1. The zero-order chi connectivity index (χ0) is 19.1. The van der Waals surface area contributed by atoms with Gasteiger partial charge in [0.1, 0.15) is 0 Å². The monoisotopic (exact) mass is 440 g/mol. The number of methoxy groups -OCH3 is 1. The van der Waals surface area contributed by atoms with Gasteiger partial charge in [-0.05, 0) is 29.8 Å². The number of benzene rings is 2. The summed E-state index contributed by atoms with van der Waals surface area (Å²) in [5.41, 5.74) is 3.56. The number of nitrogens with zero attached hydrogens (tertiary/aromatic N) is 4. The molecule has 1 heterocycles. The molecule has 0 bridgehead atoms. The van der Waals surface area contributed by atoms with Gasteiger partial charge < -0.3 is 4.74 Å². The Morgan fingerprint density at radius 2 is 1.93 bits per heavy atom. The zero-order valence-electron chi connectivity index (χ0n) is 14.7. The molecule has 2 aromatic carbocycles. The molecule has 0 aliphatic carbocycles. The van der Waals surface area contributed by atoms with Crippen LogP contribution in [-0.2, 0) is 4.74 Å². The van der Waals surface area contributed by atoms with Crippen molar-refractivity contribution in [2.45, 2.75) is 0 Å². The molecule has 1 aromatic heterocycles. The second-order valence-electron chi connectivity index (χ2n) is 5.58. The molecule has 0 saturated heterocycles. The minimum atomic E-state index is 0.560. The van der Waals surface area contributed by atoms with Gasteiger partial charge >= 0.3 is 0 Å². The molecule has 7 heteroatoms.